The number of thioether (sulfide) groups is 1. The van der Waals surface area contributed by atoms with Crippen molar-refractivity contribution in [2.45, 2.75) is 36.6 Å². The molecule has 1 aliphatic carbocycles. The summed E-state index contributed by atoms with van der Waals surface area (Å²) >= 11 is 2.60. The molecule has 0 saturated carbocycles. The molecule has 0 saturated heterocycles. The van der Waals surface area contributed by atoms with Gasteiger partial charge < -0.3 is 20.2 Å². The normalized spacial score (nSPS) is 14.0. The quantitative estimate of drug-likeness (QED) is 0.190. The highest BCUT2D eigenvalue weighted by molar-refractivity contribution is 7.99. The van der Waals surface area contributed by atoms with Crippen molar-refractivity contribution in [3.8, 4) is 23.5 Å². The summed E-state index contributed by atoms with van der Waals surface area (Å²) in [4.78, 5) is 31.1. The van der Waals surface area contributed by atoms with Crippen molar-refractivity contribution in [1.29, 1.82) is 10.5 Å². The lowest BCUT2D eigenvalue weighted by molar-refractivity contribution is -0.115. The minimum atomic E-state index is -0.466. The highest BCUT2D eigenvalue weighted by Crippen LogP contribution is 2.43. The Morgan fingerprint density at radius 1 is 1.20 bits per heavy atom. The summed E-state index contributed by atoms with van der Waals surface area (Å²) < 4.78 is 10.5. The minimum absolute atomic E-state index is 0.0226. The van der Waals surface area contributed by atoms with Crippen molar-refractivity contribution in [2.75, 3.05) is 23.9 Å². The maximum Gasteiger partial charge on any atom is 0.341 e. The summed E-state index contributed by atoms with van der Waals surface area (Å²) in [5.74, 6) is 0.189. The minimum Gasteiger partial charge on any atom is -0.465 e. The number of methoxy groups -OCH3 is 1. The van der Waals surface area contributed by atoms with E-state index in [1.165, 1.54) is 42.0 Å². The molecule has 0 aliphatic heterocycles. The summed E-state index contributed by atoms with van der Waals surface area (Å²) in [6.45, 7) is 0. The molecule has 206 valence electrons. The Balaban J connectivity index is 1.31. The first-order chi connectivity index (χ1) is 19.9. The van der Waals surface area contributed by atoms with Gasteiger partial charge in [0.15, 0.2) is 0 Å². The molecule has 1 aliphatic rings. The van der Waals surface area contributed by atoms with Crippen molar-refractivity contribution in [2.24, 2.45) is 0 Å². The average Bonchev–Trinajstić information content (AvgIpc) is 3.64. The SMILES string of the molecule is COC(=O)c1c(NC(=O)CCSc2nc(N)c(C#N)c(-c3ccco3)c2C#N)sc2c1CCC(c1ccccc1)C2. The largest absolute Gasteiger partial charge is 0.465 e. The number of benzene rings is 1. The number of amides is 1. The number of rotatable bonds is 8. The topological polar surface area (TPSA) is 155 Å². The highest BCUT2D eigenvalue weighted by Gasteiger charge is 2.31. The van der Waals surface area contributed by atoms with Gasteiger partial charge in [0.25, 0.3) is 0 Å². The number of hydrogen-bond donors (Lipinski definition) is 2. The Kier molecular flexibility index (Phi) is 8.39. The molecule has 1 atom stereocenters. The van der Waals surface area contributed by atoms with Gasteiger partial charge in [-0.1, -0.05) is 30.3 Å². The Morgan fingerprint density at radius 3 is 2.66 bits per heavy atom. The Bertz CT molecular complexity index is 1680. The predicted molar refractivity (Wildman–Crippen MR) is 157 cm³/mol. The van der Waals surface area contributed by atoms with Crippen LogP contribution in [0.3, 0.4) is 0 Å². The number of hydrogen-bond acceptors (Lipinski definition) is 10. The molecule has 0 radical (unpaired) electrons. The summed E-state index contributed by atoms with van der Waals surface area (Å²) in [5.41, 5.74) is 9.16. The number of anilines is 2. The number of pyridine rings is 1. The number of nitrogens with two attached hydrogens (primary N) is 1. The summed E-state index contributed by atoms with van der Waals surface area (Å²) in [5, 5.41) is 23.2. The monoisotopic (exact) mass is 583 g/mol. The van der Waals surface area contributed by atoms with E-state index in [1.54, 1.807) is 12.1 Å². The van der Waals surface area contributed by atoms with E-state index in [-0.39, 0.29) is 40.6 Å². The van der Waals surface area contributed by atoms with Crippen LogP contribution in [0.4, 0.5) is 10.8 Å². The van der Waals surface area contributed by atoms with Crippen LogP contribution in [0.25, 0.3) is 11.3 Å². The first-order valence-corrected chi connectivity index (χ1v) is 14.6. The molecule has 3 N–H and O–H groups in total. The van der Waals surface area contributed by atoms with Crippen LogP contribution in [-0.2, 0) is 22.4 Å². The van der Waals surface area contributed by atoms with E-state index in [2.05, 4.69) is 28.5 Å². The van der Waals surface area contributed by atoms with Crippen LogP contribution in [0.2, 0.25) is 0 Å². The van der Waals surface area contributed by atoms with Gasteiger partial charge in [0.05, 0.1) is 30.1 Å². The van der Waals surface area contributed by atoms with Crippen molar-refractivity contribution < 1.29 is 18.7 Å². The molecule has 5 rings (SSSR count). The predicted octanol–water partition coefficient (Wildman–Crippen LogP) is 5.91. The molecule has 9 nitrogen and oxygen atoms in total. The third-order valence-corrected chi connectivity index (χ3v) is 9.08. The molecule has 0 bridgehead atoms. The second-order valence-electron chi connectivity index (χ2n) is 9.32. The van der Waals surface area contributed by atoms with Crippen LogP contribution in [0.15, 0.2) is 58.2 Å². The van der Waals surface area contributed by atoms with Gasteiger partial charge in [-0.2, -0.15) is 10.5 Å². The lowest BCUT2D eigenvalue weighted by Gasteiger charge is -2.22. The van der Waals surface area contributed by atoms with E-state index in [0.29, 0.717) is 27.3 Å². The lowest BCUT2D eigenvalue weighted by atomic mass is 9.83. The molecule has 3 aromatic heterocycles. The first kappa shape index (κ1) is 28.0. The molecule has 1 amide bonds. The van der Waals surface area contributed by atoms with Crippen molar-refractivity contribution in [3.05, 3.63) is 81.4 Å². The second-order valence-corrected chi connectivity index (χ2v) is 11.5. The number of aromatic nitrogens is 1. The summed E-state index contributed by atoms with van der Waals surface area (Å²) in [6.07, 6.45) is 3.95. The second kappa shape index (κ2) is 12.3. The molecule has 4 aromatic rings. The Morgan fingerprint density at radius 2 is 1.98 bits per heavy atom. The van der Waals surface area contributed by atoms with Crippen molar-refractivity contribution in [3.63, 3.8) is 0 Å². The van der Waals surface area contributed by atoms with Gasteiger partial charge in [-0.3, -0.25) is 4.79 Å². The van der Waals surface area contributed by atoms with E-state index in [4.69, 9.17) is 14.9 Å². The number of nitrogens with one attached hydrogen (secondary N) is 1. The fraction of sp³-hybridized carbons (Fsp3) is 0.233. The van der Waals surface area contributed by atoms with E-state index in [0.717, 1.165) is 29.7 Å². The molecular weight excluding hydrogens is 558 g/mol. The molecular formula is C30H25N5O4S2. The van der Waals surface area contributed by atoms with Crippen LogP contribution in [0.5, 0.6) is 0 Å². The van der Waals surface area contributed by atoms with E-state index < -0.39 is 5.97 Å². The summed E-state index contributed by atoms with van der Waals surface area (Å²) in [7, 11) is 1.34. The van der Waals surface area contributed by atoms with Crippen LogP contribution in [0.1, 0.15) is 56.2 Å². The summed E-state index contributed by atoms with van der Waals surface area (Å²) in [6, 6.07) is 17.7. The third-order valence-electron chi connectivity index (χ3n) is 6.93. The van der Waals surface area contributed by atoms with Gasteiger partial charge in [-0.25, -0.2) is 9.78 Å². The molecule has 1 aromatic carbocycles. The molecule has 11 heteroatoms. The number of carbonyl (C=O) groups excluding carboxylic acids is 2. The number of nitriles is 2. The van der Waals surface area contributed by atoms with Gasteiger partial charge in [0, 0.05) is 17.1 Å². The Hall–Kier alpha value is -4.58. The maximum atomic E-state index is 13.0. The number of esters is 1. The maximum absolute atomic E-state index is 13.0. The van der Waals surface area contributed by atoms with Crippen LogP contribution in [-0.4, -0.2) is 29.7 Å². The average molecular weight is 584 g/mol. The number of nitrogen functional groups attached to an aromatic ring is 1. The first-order valence-electron chi connectivity index (χ1n) is 12.8. The molecule has 41 heavy (non-hydrogen) atoms. The van der Waals surface area contributed by atoms with Crippen LogP contribution >= 0.6 is 23.1 Å². The zero-order valence-electron chi connectivity index (χ0n) is 22.1. The number of carbonyl (C=O) groups is 2. The number of furan rings is 1. The highest BCUT2D eigenvalue weighted by atomic mass is 32.2. The number of fused-ring (bicyclic) bond motifs is 1. The van der Waals surface area contributed by atoms with Crippen LogP contribution in [0, 0.1) is 22.7 Å². The lowest BCUT2D eigenvalue weighted by Crippen LogP contribution is -2.16. The zero-order chi connectivity index (χ0) is 28.9. The number of ether oxygens (including phenoxy) is 1. The smallest absolute Gasteiger partial charge is 0.341 e. The van der Waals surface area contributed by atoms with E-state index in [1.807, 2.05) is 24.3 Å². The van der Waals surface area contributed by atoms with Crippen molar-refractivity contribution in [1.82, 2.24) is 4.98 Å². The van der Waals surface area contributed by atoms with Gasteiger partial charge >= 0.3 is 5.97 Å². The fourth-order valence-electron chi connectivity index (χ4n) is 5.00. The molecule has 0 fully saturated rings. The van der Waals surface area contributed by atoms with Crippen molar-refractivity contribution >= 4 is 45.8 Å². The zero-order valence-corrected chi connectivity index (χ0v) is 23.7. The number of nitrogens with zero attached hydrogens (tertiary/aromatic N) is 3. The van der Waals surface area contributed by atoms with E-state index in [9.17, 15) is 20.1 Å². The fourth-order valence-corrected chi connectivity index (χ4v) is 7.27. The standard InChI is InChI=1S/C30H25N5O4S2/c1-38-30(37)26-19-10-9-18(17-6-3-2-4-7-17)14-23(19)41-29(26)34-24(36)11-13-40-28-21(16-32)25(22-8-5-12-39-22)20(15-31)27(33)35-28/h2-8,12,18H,9-11,13-14H2,1H3,(H2,33,35)(H,34,36). The molecule has 3 heterocycles. The van der Waals surface area contributed by atoms with Gasteiger partial charge in [0.1, 0.15) is 39.3 Å². The molecule has 0 spiro atoms. The number of thiophene rings is 1. The molecule has 1 unspecified atom stereocenters. The Labute approximate surface area is 245 Å². The van der Waals surface area contributed by atoms with Gasteiger partial charge in [0.2, 0.25) is 5.91 Å². The third kappa shape index (κ3) is 5.68. The van der Waals surface area contributed by atoms with Gasteiger partial charge in [-0.15, -0.1) is 23.1 Å². The van der Waals surface area contributed by atoms with Crippen LogP contribution < -0.4 is 11.1 Å². The van der Waals surface area contributed by atoms with Gasteiger partial charge in [-0.05, 0) is 48.4 Å². The van der Waals surface area contributed by atoms with E-state index >= 15 is 0 Å².